The summed E-state index contributed by atoms with van der Waals surface area (Å²) in [6.07, 6.45) is 2.14. The minimum Gasteiger partial charge on any atom is -0.352 e. The molecule has 19 heavy (non-hydrogen) atoms. The lowest BCUT2D eigenvalue weighted by molar-refractivity contribution is -0.193. The number of carbonyl (C=O) groups excluding carboxylic acids is 1. The maximum absolute atomic E-state index is 11.7. The number of carbonyl (C=O) groups is 1. The van der Waals surface area contributed by atoms with Crippen molar-refractivity contribution in [3.05, 3.63) is 0 Å². The monoisotopic (exact) mass is 266 g/mol. The van der Waals surface area contributed by atoms with Crippen LogP contribution in [-0.4, -0.2) is 41.9 Å². The van der Waals surface area contributed by atoms with Gasteiger partial charge in [0.05, 0.1) is 24.7 Å². The van der Waals surface area contributed by atoms with Crippen molar-refractivity contribution in [2.45, 2.75) is 57.8 Å². The maximum Gasteiger partial charge on any atom is 0.219 e. The fraction of sp³-hybridized carbons (Fsp3) is 0.857. The van der Waals surface area contributed by atoms with E-state index in [0.29, 0.717) is 12.3 Å². The molecule has 0 N–H and O–H groups in total. The van der Waals surface area contributed by atoms with Crippen LogP contribution in [-0.2, 0) is 14.3 Å². The molecule has 0 aliphatic carbocycles. The summed E-state index contributed by atoms with van der Waals surface area (Å²) in [4.78, 5) is 13.6. The lowest BCUT2D eigenvalue weighted by atomic mass is 9.81. The molecule has 2 aliphatic heterocycles. The Balaban J connectivity index is 2.06. The van der Waals surface area contributed by atoms with Gasteiger partial charge in [-0.15, -0.1) is 0 Å². The normalized spacial score (nSPS) is 34.0. The lowest BCUT2D eigenvalue weighted by Gasteiger charge is -2.41. The van der Waals surface area contributed by atoms with Crippen LogP contribution < -0.4 is 0 Å². The summed E-state index contributed by atoms with van der Waals surface area (Å²) in [5.74, 6) is 0.426. The van der Waals surface area contributed by atoms with E-state index in [9.17, 15) is 4.79 Å². The van der Waals surface area contributed by atoms with Crippen molar-refractivity contribution in [2.75, 3.05) is 13.3 Å². The van der Waals surface area contributed by atoms with Crippen molar-refractivity contribution >= 4 is 5.91 Å². The van der Waals surface area contributed by atoms with Crippen LogP contribution in [0.4, 0.5) is 0 Å². The summed E-state index contributed by atoms with van der Waals surface area (Å²) in [6.45, 7) is 6.86. The zero-order chi connectivity index (χ0) is 14.0. The molecule has 106 valence electrons. The topological polar surface area (TPSA) is 62.6 Å². The average molecular weight is 266 g/mol. The molecule has 0 aromatic heterocycles. The summed E-state index contributed by atoms with van der Waals surface area (Å²) in [7, 11) is 0. The molecule has 3 atom stereocenters. The largest absolute Gasteiger partial charge is 0.352 e. The van der Waals surface area contributed by atoms with Gasteiger partial charge in [-0.3, -0.25) is 4.79 Å². The molecule has 3 unspecified atom stereocenters. The first-order valence-electron chi connectivity index (χ1n) is 6.85. The van der Waals surface area contributed by atoms with Crippen molar-refractivity contribution < 1.29 is 14.3 Å². The number of nitriles is 1. The highest BCUT2D eigenvalue weighted by Gasteiger charge is 2.47. The van der Waals surface area contributed by atoms with E-state index in [4.69, 9.17) is 14.7 Å². The molecule has 2 fully saturated rings. The van der Waals surface area contributed by atoms with E-state index in [-0.39, 0.29) is 30.4 Å². The number of rotatable bonds is 2. The fourth-order valence-corrected chi connectivity index (χ4v) is 3.46. The highest BCUT2D eigenvalue weighted by Crippen LogP contribution is 2.40. The second-order valence-corrected chi connectivity index (χ2v) is 5.93. The van der Waals surface area contributed by atoms with Gasteiger partial charge >= 0.3 is 0 Å². The van der Waals surface area contributed by atoms with Crippen molar-refractivity contribution in [3.8, 4) is 6.07 Å². The van der Waals surface area contributed by atoms with E-state index in [1.54, 1.807) is 6.92 Å². The Labute approximate surface area is 114 Å². The molecule has 0 spiro atoms. The molecule has 2 saturated heterocycles. The molecule has 0 aromatic carbocycles. The highest BCUT2D eigenvalue weighted by molar-refractivity contribution is 5.74. The van der Waals surface area contributed by atoms with E-state index < -0.39 is 0 Å². The maximum atomic E-state index is 11.7. The molecule has 2 aliphatic rings. The number of hydrogen-bond acceptors (Lipinski definition) is 4. The van der Waals surface area contributed by atoms with Crippen LogP contribution in [0.3, 0.4) is 0 Å². The standard InChI is InChI=1S/C14H22N2O3/c1-10(17)16-7-5-12(14(16,2)3)13-8-11(4-6-15)18-9-19-13/h11-13H,4-5,7-9H2,1-3H3. The molecular formula is C14H22N2O3. The van der Waals surface area contributed by atoms with Crippen LogP contribution in [0.25, 0.3) is 0 Å². The van der Waals surface area contributed by atoms with E-state index in [2.05, 4.69) is 19.9 Å². The van der Waals surface area contributed by atoms with Gasteiger partial charge in [0.1, 0.15) is 6.79 Å². The zero-order valence-corrected chi connectivity index (χ0v) is 11.9. The van der Waals surface area contributed by atoms with Gasteiger partial charge in [-0.2, -0.15) is 5.26 Å². The number of hydrogen-bond donors (Lipinski definition) is 0. The molecule has 1 amide bonds. The molecule has 2 rings (SSSR count). The number of amides is 1. The van der Waals surface area contributed by atoms with Gasteiger partial charge in [0.2, 0.25) is 5.91 Å². The van der Waals surface area contributed by atoms with Gasteiger partial charge in [0, 0.05) is 31.3 Å². The minimum atomic E-state index is -0.189. The minimum absolute atomic E-state index is 0.0362. The van der Waals surface area contributed by atoms with E-state index >= 15 is 0 Å². The predicted molar refractivity (Wildman–Crippen MR) is 69.0 cm³/mol. The average Bonchev–Trinajstić information content (AvgIpc) is 2.65. The highest BCUT2D eigenvalue weighted by atomic mass is 16.7. The Morgan fingerprint density at radius 2 is 2.21 bits per heavy atom. The number of nitrogens with zero attached hydrogens (tertiary/aromatic N) is 2. The van der Waals surface area contributed by atoms with Gasteiger partial charge in [-0.25, -0.2) is 0 Å². The van der Waals surface area contributed by atoms with Gasteiger partial charge in [0.25, 0.3) is 0 Å². The van der Waals surface area contributed by atoms with E-state index in [0.717, 1.165) is 19.4 Å². The van der Waals surface area contributed by atoms with Crippen molar-refractivity contribution in [1.82, 2.24) is 4.90 Å². The zero-order valence-electron chi connectivity index (χ0n) is 11.9. The van der Waals surface area contributed by atoms with Gasteiger partial charge in [-0.1, -0.05) is 0 Å². The van der Waals surface area contributed by atoms with Crippen LogP contribution in [0.5, 0.6) is 0 Å². The second-order valence-electron chi connectivity index (χ2n) is 5.93. The van der Waals surface area contributed by atoms with Crippen LogP contribution >= 0.6 is 0 Å². The Morgan fingerprint density at radius 3 is 2.79 bits per heavy atom. The Bertz CT molecular complexity index is 389. The molecule has 0 radical (unpaired) electrons. The fourth-order valence-electron chi connectivity index (χ4n) is 3.46. The summed E-state index contributed by atoms with van der Waals surface area (Å²) in [6, 6.07) is 2.15. The Kier molecular flexibility index (Phi) is 4.12. The molecule has 5 heteroatoms. The smallest absolute Gasteiger partial charge is 0.219 e. The van der Waals surface area contributed by atoms with Crippen LogP contribution in [0, 0.1) is 17.2 Å². The third kappa shape index (κ3) is 2.75. The van der Waals surface area contributed by atoms with Crippen molar-refractivity contribution in [3.63, 3.8) is 0 Å². The van der Waals surface area contributed by atoms with Gasteiger partial charge in [0.15, 0.2) is 0 Å². The third-order valence-electron chi connectivity index (χ3n) is 4.50. The number of likely N-dealkylation sites (tertiary alicyclic amines) is 1. The van der Waals surface area contributed by atoms with Crippen LogP contribution in [0.1, 0.15) is 40.0 Å². The second kappa shape index (κ2) is 5.48. The number of ether oxygens (including phenoxy) is 2. The molecule has 0 aromatic rings. The molecular weight excluding hydrogens is 244 g/mol. The third-order valence-corrected chi connectivity index (χ3v) is 4.50. The SMILES string of the molecule is CC(=O)N1CCC(C2CC(CC#N)OCO2)C1(C)C. The van der Waals surface area contributed by atoms with Gasteiger partial charge in [-0.05, 0) is 20.3 Å². The lowest BCUT2D eigenvalue weighted by Crippen LogP contribution is -2.50. The molecule has 2 heterocycles. The quantitative estimate of drug-likeness (QED) is 0.763. The van der Waals surface area contributed by atoms with Crippen LogP contribution in [0.15, 0.2) is 0 Å². The summed E-state index contributed by atoms with van der Waals surface area (Å²) < 4.78 is 11.2. The summed E-state index contributed by atoms with van der Waals surface area (Å²) in [5, 5.41) is 8.76. The summed E-state index contributed by atoms with van der Waals surface area (Å²) in [5.41, 5.74) is -0.189. The molecule has 0 saturated carbocycles. The molecule has 0 bridgehead atoms. The summed E-state index contributed by atoms with van der Waals surface area (Å²) >= 11 is 0. The Morgan fingerprint density at radius 1 is 1.47 bits per heavy atom. The van der Waals surface area contributed by atoms with E-state index in [1.807, 2.05) is 4.90 Å². The van der Waals surface area contributed by atoms with Gasteiger partial charge < -0.3 is 14.4 Å². The van der Waals surface area contributed by atoms with Crippen molar-refractivity contribution in [1.29, 1.82) is 5.26 Å². The first-order valence-corrected chi connectivity index (χ1v) is 6.85. The van der Waals surface area contributed by atoms with Crippen LogP contribution in [0.2, 0.25) is 0 Å². The first-order chi connectivity index (χ1) is 8.96. The Hall–Kier alpha value is -1.12. The van der Waals surface area contributed by atoms with Crippen molar-refractivity contribution in [2.24, 2.45) is 5.92 Å². The van der Waals surface area contributed by atoms with E-state index in [1.165, 1.54) is 0 Å². The predicted octanol–water partition coefficient (Wildman–Crippen LogP) is 1.68. The first kappa shape index (κ1) is 14.3. The molecule has 5 nitrogen and oxygen atoms in total.